The van der Waals surface area contributed by atoms with Crippen LogP contribution in [0.5, 0.6) is 0 Å². The van der Waals surface area contributed by atoms with Crippen LogP contribution >= 0.6 is 0 Å². The minimum Gasteiger partial charge on any atom is -0.476 e. The van der Waals surface area contributed by atoms with Gasteiger partial charge in [-0.2, -0.15) is 0 Å². The van der Waals surface area contributed by atoms with Crippen LogP contribution in [0, 0.1) is 0 Å². The van der Waals surface area contributed by atoms with Gasteiger partial charge in [0.2, 0.25) is 0 Å². The van der Waals surface area contributed by atoms with Gasteiger partial charge in [-0.25, -0.2) is 0 Å². The van der Waals surface area contributed by atoms with Crippen molar-refractivity contribution in [2.24, 2.45) is 4.99 Å². The highest BCUT2D eigenvalue weighted by Gasteiger charge is 2.12. The molecular formula is C7H11NO. The maximum absolute atomic E-state index is 5.28. The zero-order chi connectivity index (χ0) is 6.69. The summed E-state index contributed by atoms with van der Waals surface area (Å²) in [5, 5.41) is 0. The molecule has 1 aliphatic heterocycles. The molecule has 0 aliphatic carbocycles. The number of nitrogens with zero attached hydrogens (tertiary/aromatic N) is 1. The van der Waals surface area contributed by atoms with Crippen molar-refractivity contribution < 1.29 is 4.74 Å². The highest BCUT2D eigenvalue weighted by Crippen LogP contribution is 2.05. The van der Waals surface area contributed by atoms with E-state index >= 15 is 0 Å². The second-order valence-electron chi connectivity index (χ2n) is 2.16. The van der Waals surface area contributed by atoms with Crippen LogP contribution in [-0.4, -0.2) is 18.5 Å². The summed E-state index contributed by atoms with van der Waals surface area (Å²) >= 11 is 0. The fourth-order valence-corrected chi connectivity index (χ4v) is 0.773. The summed E-state index contributed by atoms with van der Waals surface area (Å²) in [6.07, 6.45) is 2.85. The minimum atomic E-state index is 0.278. The maximum Gasteiger partial charge on any atom is 0.187 e. The van der Waals surface area contributed by atoms with E-state index in [-0.39, 0.29) is 6.10 Å². The molecule has 0 saturated carbocycles. The topological polar surface area (TPSA) is 21.6 Å². The van der Waals surface area contributed by atoms with Gasteiger partial charge in [0.15, 0.2) is 5.90 Å². The molecule has 0 radical (unpaired) electrons. The third kappa shape index (κ3) is 1.56. The van der Waals surface area contributed by atoms with E-state index in [2.05, 4.69) is 11.6 Å². The Bertz CT molecular complexity index is 140. The monoisotopic (exact) mass is 125 g/mol. The smallest absolute Gasteiger partial charge is 0.187 e. The minimum absolute atomic E-state index is 0.278. The lowest BCUT2D eigenvalue weighted by Crippen LogP contribution is -2.06. The second kappa shape index (κ2) is 2.67. The zero-order valence-corrected chi connectivity index (χ0v) is 5.63. The Morgan fingerprint density at radius 2 is 2.78 bits per heavy atom. The highest BCUT2D eigenvalue weighted by atomic mass is 16.5. The van der Waals surface area contributed by atoms with Gasteiger partial charge in [-0.05, 0) is 6.92 Å². The van der Waals surface area contributed by atoms with E-state index in [1.54, 1.807) is 6.08 Å². The number of hydrogen-bond acceptors (Lipinski definition) is 2. The molecule has 0 fully saturated rings. The lowest BCUT2D eigenvalue weighted by molar-refractivity contribution is 0.241. The van der Waals surface area contributed by atoms with Gasteiger partial charge < -0.3 is 4.74 Å². The average Bonchev–Trinajstić information content (AvgIpc) is 2.17. The van der Waals surface area contributed by atoms with Crippen LogP contribution in [0.3, 0.4) is 0 Å². The summed E-state index contributed by atoms with van der Waals surface area (Å²) in [6.45, 7) is 6.41. The molecule has 1 rings (SSSR count). The molecule has 1 heterocycles. The Morgan fingerprint density at radius 1 is 2.00 bits per heavy atom. The van der Waals surface area contributed by atoms with E-state index < -0.39 is 0 Å². The van der Waals surface area contributed by atoms with Crippen LogP contribution in [0.4, 0.5) is 0 Å². The highest BCUT2D eigenvalue weighted by molar-refractivity contribution is 5.78. The Balaban J connectivity index is 2.35. The predicted molar refractivity (Wildman–Crippen MR) is 37.7 cm³/mol. The average molecular weight is 125 g/mol. The zero-order valence-electron chi connectivity index (χ0n) is 5.63. The van der Waals surface area contributed by atoms with Crippen molar-refractivity contribution in [3.8, 4) is 0 Å². The molecule has 0 aromatic heterocycles. The third-order valence-corrected chi connectivity index (χ3v) is 1.18. The number of aliphatic imine (C=N–C) groups is 1. The van der Waals surface area contributed by atoms with Crippen LogP contribution in [0.25, 0.3) is 0 Å². The van der Waals surface area contributed by atoms with Crippen molar-refractivity contribution in [2.45, 2.75) is 19.4 Å². The van der Waals surface area contributed by atoms with Crippen LogP contribution in [0.2, 0.25) is 0 Å². The Hall–Kier alpha value is -0.790. The van der Waals surface area contributed by atoms with E-state index in [1.165, 1.54) is 0 Å². The lowest BCUT2D eigenvalue weighted by atomic mass is 10.4. The molecule has 0 aromatic carbocycles. The van der Waals surface area contributed by atoms with E-state index in [0.717, 1.165) is 18.9 Å². The van der Waals surface area contributed by atoms with Gasteiger partial charge >= 0.3 is 0 Å². The molecule has 2 nitrogen and oxygen atoms in total. The first-order valence-electron chi connectivity index (χ1n) is 3.14. The largest absolute Gasteiger partial charge is 0.476 e. The van der Waals surface area contributed by atoms with Crippen LogP contribution in [-0.2, 0) is 4.74 Å². The molecule has 50 valence electrons. The van der Waals surface area contributed by atoms with Crippen molar-refractivity contribution in [3.63, 3.8) is 0 Å². The number of hydrogen-bond donors (Lipinski definition) is 0. The molecule has 1 unspecified atom stereocenters. The molecule has 1 aliphatic rings. The Labute approximate surface area is 55.2 Å². The van der Waals surface area contributed by atoms with Gasteiger partial charge in [0, 0.05) is 6.42 Å². The first-order chi connectivity index (χ1) is 4.33. The standard InChI is InChI=1S/C7H11NO/c1-3-4-7-8-5-6(2)9-7/h3,6H,1,4-5H2,2H3. The van der Waals surface area contributed by atoms with Crippen molar-refractivity contribution in [1.82, 2.24) is 0 Å². The molecular weight excluding hydrogens is 114 g/mol. The molecule has 0 saturated heterocycles. The van der Waals surface area contributed by atoms with Crippen molar-refractivity contribution >= 4 is 5.90 Å². The summed E-state index contributed by atoms with van der Waals surface area (Å²) in [5.41, 5.74) is 0. The molecule has 0 aromatic rings. The van der Waals surface area contributed by atoms with E-state index in [0.29, 0.717) is 0 Å². The maximum atomic E-state index is 5.28. The SMILES string of the molecule is C=CCC1=NCC(C)O1. The fourth-order valence-electron chi connectivity index (χ4n) is 0.773. The first kappa shape index (κ1) is 6.33. The van der Waals surface area contributed by atoms with Gasteiger partial charge in [0.1, 0.15) is 6.10 Å². The molecule has 0 bridgehead atoms. The van der Waals surface area contributed by atoms with E-state index in [1.807, 2.05) is 6.92 Å². The van der Waals surface area contributed by atoms with Gasteiger partial charge in [0.05, 0.1) is 6.54 Å². The van der Waals surface area contributed by atoms with Crippen LogP contribution in [0.15, 0.2) is 17.6 Å². The van der Waals surface area contributed by atoms with E-state index in [9.17, 15) is 0 Å². The van der Waals surface area contributed by atoms with E-state index in [4.69, 9.17) is 4.74 Å². The van der Waals surface area contributed by atoms with Gasteiger partial charge in [-0.1, -0.05) is 6.08 Å². The van der Waals surface area contributed by atoms with Crippen molar-refractivity contribution in [3.05, 3.63) is 12.7 Å². The quantitative estimate of drug-likeness (QED) is 0.511. The van der Waals surface area contributed by atoms with Crippen molar-refractivity contribution in [2.75, 3.05) is 6.54 Å². The van der Waals surface area contributed by atoms with Crippen LogP contribution < -0.4 is 0 Å². The normalized spacial score (nSPS) is 25.0. The fraction of sp³-hybridized carbons (Fsp3) is 0.571. The number of rotatable bonds is 2. The molecule has 0 amide bonds. The van der Waals surface area contributed by atoms with Crippen molar-refractivity contribution in [1.29, 1.82) is 0 Å². The van der Waals surface area contributed by atoms with Gasteiger partial charge in [-0.3, -0.25) is 4.99 Å². The lowest BCUT2D eigenvalue weighted by Gasteiger charge is -2.01. The third-order valence-electron chi connectivity index (χ3n) is 1.18. The summed E-state index contributed by atoms with van der Waals surface area (Å²) in [5.74, 6) is 0.831. The summed E-state index contributed by atoms with van der Waals surface area (Å²) < 4.78 is 5.28. The van der Waals surface area contributed by atoms with Crippen LogP contribution in [0.1, 0.15) is 13.3 Å². The summed E-state index contributed by atoms with van der Waals surface area (Å²) in [4.78, 5) is 4.13. The summed E-state index contributed by atoms with van der Waals surface area (Å²) in [7, 11) is 0. The molecule has 9 heavy (non-hydrogen) atoms. The summed E-state index contributed by atoms with van der Waals surface area (Å²) in [6, 6.07) is 0. The second-order valence-corrected chi connectivity index (χ2v) is 2.16. The molecule has 1 atom stereocenters. The molecule has 0 spiro atoms. The Kier molecular flexibility index (Phi) is 1.88. The number of ether oxygens (including phenoxy) is 1. The van der Waals surface area contributed by atoms with Gasteiger partial charge in [-0.15, -0.1) is 6.58 Å². The Morgan fingerprint density at radius 3 is 3.22 bits per heavy atom. The molecule has 2 heteroatoms. The first-order valence-corrected chi connectivity index (χ1v) is 3.14. The predicted octanol–water partition coefficient (Wildman–Crippen LogP) is 1.38. The van der Waals surface area contributed by atoms with Gasteiger partial charge in [0.25, 0.3) is 0 Å². The molecule has 0 N–H and O–H groups in total.